The lowest BCUT2D eigenvalue weighted by molar-refractivity contribution is 0.119. The van der Waals surface area contributed by atoms with E-state index in [1.807, 2.05) is 18.2 Å². The highest BCUT2D eigenvalue weighted by molar-refractivity contribution is 5.80. The summed E-state index contributed by atoms with van der Waals surface area (Å²) in [5.74, 6) is 0. The number of rotatable bonds is 5. The molecule has 0 saturated carbocycles. The van der Waals surface area contributed by atoms with Crippen LogP contribution in [0.5, 0.6) is 0 Å². The lowest BCUT2D eigenvalue weighted by Gasteiger charge is -2.22. The minimum absolute atomic E-state index is 0.156. The number of para-hydroxylation sites is 1. The summed E-state index contributed by atoms with van der Waals surface area (Å²) in [6.07, 6.45) is 2.28. The van der Waals surface area contributed by atoms with E-state index in [9.17, 15) is 5.11 Å². The predicted molar refractivity (Wildman–Crippen MR) is 78.0 cm³/mol. The standard InChI is InChI=1S/C16H23NO2/c1-16(2,3)8-13(18)10-17-9-12-11-19-15-7-5-4-6-14(12)15/h4-7,11,13,17-18H,8-10H2,1-3H3. The van der Waals surface area contributed by atoms with Crippen molar-refractivity contribution < 1.29 is 9.52 Å². The molecule has 19 heavy (non-hydrogen) atoms. The summed E-state index contributed by atoms with van der Waals surface area (Å²) in [5, 5.41) is 14.4. The van der Waals surface area contributed by atoms with E-state index in [1.54, 1.807) is 6.26 Å². The van der Waals surface area contributed by atoms with Crippen molar-refractivity contribution in [2.75, 3.05) is 6.54 Å². The molecule has 0 aliphatic heterocycles. The Hall–Kier alpha value is -1.32. The van der Waals surface area contributed by atoms with Crippen LogP contribution in [0.4, 0.5) is 0 Å². The van der Waals surface area contributed by atoms with Crippen molar-refractivity contribution in [1.29, 1.82) is 0 Å². The maximum Gasteiger partial charge on any atom is 0.134 e. The van der Waals surface area contributed by atoms with E-state index in [2.05, 4.69) is 32.2 Å². The fourth-order valence-corrected chi connectivity index (χ4v) is 2.32. The first kappa shape index (κ1) is 14.1. The molecule has 0 bridgehead atoms. The molecular formula is C16H23NO2. The number of fused-ring (bicyclic) bond motifs is 1. The molecule has 2 rings (SSSR count). The van der Waals surface area contributed by atoms with Crippen molar-refractivity contribution in [3.63, 3.8) is 0 Å². The molecular weight excluding hydrogens is 238 g/mol. The SMILES string of the molecule is CC(C)(C)CC(O)CNCc1coc2ccccc12. The molecule has 1 aromatic heterocycles. The van der Waals surface area contributed by atoms with Gasteiger partial charge >= 0.3 is 0 Å². The van der Waals surface area contributed by atoms with Gasteiger partial charge in [-0.3, -0.25) is 0 Å². The summed E-state index contributed by atoms with van der Waals surface area (Å²) in [5.41, 5.74) is 2.21. The highest BCUT2D eigenvalue weighted by Gasteiger charge is 2.16. The van der Waals surface area contributed by atoms with Gasteiger partial charge in [0.25, 0.3) is 0 Å². The highest BCUT2D eigenvalue weighted by Crippen LogP contribution is 2.21. The van der Waals surface area contributed by atoms with Gasteiger partial charge in [0.2, 0.25) is 0 Å². The summed E-state index contributed by atoms with van der Waals surface area (Å²) < 4.78 is 5.48. The molecule has 1 aromatic carbocycles. The minimum atomic E-state index is -0.307. The lowest BCUT2D eigenvalue weighted by atomic mass is 9.89. The first-order valence-electron chi connectivity index (χ1n) is 6.79. The first-order valence-corrected chi connectivity index (χ1v) is 6.79. The molecule has 2 aromatic rings. The van der Waals surface area contributed by atoms with Crippen LogP contribution in [0.15, 0.2) is 34.9 Å². The Morgan fingerprint density at radius 2 is 2.00 bits per heavy atom. The summed E-state index contributed by atoms with van der Waals surface area (Å²) in [6.45, 7) is 7.74. The number of aliphatic hydroxyl groups is 1. The van der Waals surface area contributed by atoms with Gasteiger partial charge in [-0.05, 0) is 17.9 Å². The van der Waals surface area contributed by atoms with Crippen LogP contribution < -0.4 is 5.32 Å². The predicted octanol–water partition coefficient (Wildman–Crippen LogP) is 3.32. The van der Waals surface area contributed by atoms with Gasteiger partial charge in [-0.15, -0.1) is 0 Å². The van der Waals surface area contributed by atoms with Gasteiger partial charge in [-0.25, -0.2) is 0 Å². The highest BCUT2D eigenvalue weighted by atomic mass is 16.3. The van der Waals surface area contributed by atoms with Gasteiger partial charge in [0.15, 0.2) is 0 Å². The summed E-state index contributed by atoms with van der Waals surface area (Å²) in [4.78, 5) is 0. The molecule has 1 atom stereocenters. The molecule has 1 unspecified atom stereocenters. The van der Waals surface area contributed by atoms with Crippen molar-refractivity contribution in [2.24, 2.45) is 5.41 Å². The second-order valence-corrected chi connectivity index (χ2v) is 6.31. The van der Waals surface area contributed by atoms with Crippen molar-refractivity contribution >= 4 is 11.0 Å². The van der Waals surface area contributed by atoms with Gasteiger partial charge in [-0.2, -0.15) is 0 Å². The molecule has 0 fully saturated rings. The third-order valence-corrected chi connectivity index (χ3v) is 3.10. The number of hydrogen-bond acceptors (Lipinski definition) is 3. The summed E-state index contributed by atoms with van der Waals surface area (Å²) in [7, 11) is 0. The maximum absolute atomic E-state index is 9.94. The quantitative estimate of drug-likeness (QED) is 0.868. The van der Waals surface area contributed by atoms with Gasteiger partial charge in [0.1, 0.15) is 5.58 Å². The zero-order chi connectivity index (χ0) is 13.9. The van der Waals surface area contributed by atoms with Crippen LogP contribution in [0.1, 0.15) is 32.8 Å². The van der Waals surface area contributed by atoms with Crippen LogP contribution in [0.3, 0.4) is 0 Å². The van der Waals surface area contributed by atoms with Crippen LogP contribution in [0, 0.1) is 5.41 Å². The largest absolute Gasteiger partial charge is 0.464 e. The third kappa shape index (κ3) is 4.08. The van der Waals surface area contributed by atoms with Crippen LogP contribution in [-0.2, 0) is 6.54 Å². The molecule has 0 aliphatic rings. The molecule has 0 saturated heterocycles. The van der Waals surface area contributed by atoms with Crippen LogP contribution in [0.2, 0.25) is 0 Å². The maximum atomic E-state index is 9.94. The third-order valence-electron chi connectivity index (χ3n) is 3.10. The fourth-order valence-electron chi connectivity index (χ4n) is 2.32. The molecule has 3 nitrogen and oxygen atoms in total. The van der Waals surface area contributed by atoms with Crippen molar-refractivity contribution in [3.05, 3.63) is 36.1 Å². The topological polar surface area (TPSA) is 45.4 Å². The van der Waals surface area contributed by atoms with E-state index in [0.29, 0.717) is 6.54 Å². The van der Waals surface area contributed by atoms with E-state index < -0.39 is 0 Å². The Labute approximate surface area is 114 Å². The van der Waals surface area contributed by atoms with Crippen molar-refractivity contribution in [2.45, 2.75) is 39.8 Å². The molecule has 0 spiro atoms. The molecule has 0 aliphatic carbocycles. The number of aliphatic hydroxyl groups excluding tert-OH is 1. The normalized spacial score (nSPS) is 13.9. The lowest BCUT2D eigenvalue weighted by Crippen LogP contribution is -2.29. The van der Waals surface area contributed by atoms with Crippen LogP contribution >= 0.6 is 0 Å². The summed E-state index contributed by atoms with van der Waals surface area (Å²) in [6, 6.07) is 8.00. The fraction of sp³-hybridized carbons (Fsp3) is 0.500. The summed E-state index contributed by atoms with van der Waals surface area (Å²) >= 11 is 0. The Morgan fingerprint density at radius 1 is 1.26 bits per heavy atom. The first-order chi connectivity index (χ1) is 8.96. The molecule has 1 heterocycles. The van der Waals surface area contributed by atoms with Crippen LogP contribution in [-0.4, -0.2) is 17.8 Å². The molecule has 2 N–H and O–H groups in total. The van der Waals surface area contributed by atoms with Gasteiger partial charge < -0.3 is 14.8 Å². The Bertz CT molecular complexity index is 525. The molecule has 104 valence electrons. The molecule has 3 heteroatoms. The van der Waals surface area contributed by atoms with Gasteiger partial charge in [0, 0.05) is 24.0 Å². The number of benzene rings is 1. The minimum Gasteiger partial charge on any atom is -0.464 e. The van der Waals surface area contributed by atoms with Gasteiger partial charge in [0.05, 0.1) is 12.4 Å². The second kappa shape index (κ2) is 5.76. The number of hydrogen-bond donors (Lipinski definition) is 2. The van der Waals surface area contributed by atoms with E-state index in [4.69, 9.17) is 4.42 Å². The van der Waals surface area contributed by atoms with E-state index in [-0.39, 0.29) is 11.5 Å². The average molecular weight is 261 g/mol. The van der Waals surface area contributed by atoms with E-state index in [1.165, 1.54) is 0 Å². The van der Waals surface area contributed by atoms with Crippen molar-refractivity contribution in [1.82, 2.24) is 5.32 Å². The zero-order valence-corrected chi connectivity index (χ0v) is 11.9. The van der Waals surface area contributed by atoms with E-state index in [0.717, 1.165) is 29.5 Å². The van der Waals surface area contributed by atoms with Crippen molar-refractivity contribution in [3.8, 4) is 0 Å². The van der Waals surface area contributed by atoms with Gasteiger partial charge in [-0.1, -0.05) is 39.0 Å². The van der Waals surface area contributed by atoms with E-state index >= 15 is 0 Å². The monoisotopic (exact) mass is 261 g/mol. The second-order valence-electron chi connectivity index (χ2n) is 6.31. The average Bonchev–Trinajstić information content (AvgIpc) is 2.70. The van der Waals surface area contributed by atoms with Crippen LogP contribution in [0.25, 0.3) is 11.0 Å². The Morgan fingerprint density at radius 3 is 2.74 bits per heavy atom. The Kier molecular flexibility index (Phi) is 4.27. The Balaban J connectivity index is 1.86. The molecule has 0 radical (unpaired) electrons. The zero-order valence-electron chi connectivity index (χ0n) is 11.9. The number of nitrogens with one attached hydrogen (secondary N) is 1. The molecule has 0 amide bonds. The smallest absolute Gasteiger partial charge is 0.134 e. The number of furan rings is 1.